The molecule has 1 saturated carbocycles. The van der Waals surface area contributed by atoms with E-state index in [2.05, 4.69) is 26.8 Å². The number of nitrogen functional groups attached to an aromatic ring is 1. The Labute approximate surface area is 111 Å². The highest BCUT2D eigenvalue weighted by Gasteiger charge is 2.26. The molecule has 0 aromatic heterocycles. The predicted molar refractivity (Wildman–Crippen MR) is 76.9 cm³/mol. The molecule has 2 nitrogen and oxygen atoms in total. The molecule has 0 aliphatic heterocycles. The number of hydrogen-bond acceptors (Lipinski definition) is 2. The zero-order valence-electron chi connectivity index (χ0n) is 12.0. The van der Waals surface area contributed by atoms with E-state index in [1.54, 1.807) is 0 Å². The van der Waals surface area contributed by atoms with Crippen LogP contribution in [0.15, 0.2) is 12.1 Å². The summed E-state index contributed by atoms with van der Waals surface area (Å²) in [6.07, 6.45) is 4.00. The second-order valence-electron chi connectivity index (χ2n) is 5.98. The average Bonchev–Trinajstić information content (AvgIpc) is 2.31. The molecule has 0 spiro atoms. The lowest BCUT2D eigenvalue weighted by Gasteiger charge is -2.32. The molecule has 0 saturated heterocycles. The van der Waals surface area contributed by atoms with E-state index in [0.29, 0.717) is 6.10 Å². The lowest BCUT2D eigenvalue weighted by molar-refractivity contribution is 0.0999. The normalized spacial score (nSPS) is 28.1. The van der Waals surface area contributed by atoms with Crippen molar-refractivity contribution in [3.8, 4) is 5.75 Å². The second-order valence-corrected chi connectivity index (χ2v) is 5.98. The van der Waals surface area contributed by atoms with Gasteiger partial charge in [-0.05, 0) is 68.2 Å². The number of ether oxygens (including phenoxy) is 1. The first-order valence-electron chi connectivity index (χ1n) is 7.00. The fraction of sp³-hybridized carbons (Fsp3) is 0.625. The van der Waals surface area contributed by atoms with Crippen LogP contribution in [0, 0.1) is 25.7 Å². The molecule has 0 heterocycles. The van der Waals surface area contributed by atoms with Crippen molar-refractivity contribution in [1.29, 1.82) is 0 Å². The fourth-order valence-electron chi connectivity index (χ4n) is 2.72. The highest BCUT2D eigenvalue weighted by molar-refractivity contribution is 5.53. The first kappa shape index (κ1) is 13.3. The van der Waals surface area contributed by atoms with Gasteiger partial charge in [-0.3, -0.25) is 0 Å². The van der Waals surface area contributed by atoms with Crippen molar-refractivity contribution < 1.29 is 4.74 Å². The summed E-state index contributed by atoms with van der Waals surface area (Å²) in [5.41, 5.74) is 9.01. The van der Waals surface area contributed by atoms with Crippen molar-refractivity contribution in [2.75, 3.05) is 5.73 Å². The third kappa shape index (κ3) is 2.80. The topological polar surface area (TPSA) is 35.2 Å². The van der Waals surface area contributed by atoms with Crippen LogP contribution in [0.1, 0.15) is 44.2 Å². The van der Waals surface area contributed by atoms with Crippen LogP contribution < -0.4 is 10.5 Å². The van der Waals surface area contributed by atoms with E-state index in [0.717, 1.165) is 34.4 Å². The van der Waals surface area contributed by atoms with Gasteiger partial charge in [-0.25, -0.2) is 0 Å². The van der Waals surface area contributed by atoms with Gasteiger partial charge in [-0.2, -0.15) is 0 Å². The lowest BCUT2D eigenvalue weighted by atomic mass is 9.80. The largest absolute Gasteiger partial charge is 0.490 e. The summed E-state index contributed by atoms with van der Waals surface area (Å²) in [4.78, 5) is 0. The molecule has 100 valence electrons. The molecular formula is C16H25NO. The van der Waals surface area contributed by atoms with E-state index in [1.807, 2.05) is 13.0 Å². The third-order valence-electron chi connectivity index (χ3n) is 4.41. The Kier molecular flexibility index (Phi) is 3.84. The summed E-state index contributed by atoms with van der Waals surface area (Å²) in [5.74, 6) is 2.60. The minimum absolute atomic E-state index is 0.373. The zero-order chi connectivity index (χ0) is 13.3. The monoisotopic (exact) mass is 247 g/mol. The van der Waals surface area contributed by atoms with Crippen LogP contribution in [0.2, 0.25) is 0 Å². The molecular weight excluding hydrogens is 222 g/mol. The maximum atomic E-state index is 6.19. The molecule has 1 aromatic carbocycles. The Bertz CT molecular complexity index is 427. The molecule has 2 rings (SSSR count). The maximum absolute atomic E-state index is 6.19. The highest BCUT2D eigenvalue weighted by atomic mass is 16.5. The first-order chi connectivity index (χ1) is 8.47. The maximum Gasteiger partial charge on any atom is 0.123 e. The molecule has 1 aromatic rings. The van der Waals surface area contributed by atoms with Gasteiger partial charge in [-0.1, -0.05) is 13.8 Å². The van der Waals surface area contributed by atoms with Crippen LogP contribution in [0.5, 0.6) is 5.75 Å². The number of nitrogens with two attached hydrogens (primary N) is 1. The molecule has 2 N–H and O–H groups in total. The van der Waals surface area contributed by atoms with Crippen molar-refractivity contribution in [3.63, 3.8) is 0 Å². The molecule has 2 heteroatoms. The van der Waals surface area contributed by atoms with E-state index in [1.165, 1.54) is 19.3 Å². The van der Waals surface area contributed by atoms with Crippen LogP contribution in [0.4, 0.5) is 5.69 Å². The zero-order valence-corrected chi connectivity index (χ0v) is 12.0. The summed E-state index contributed by atoms with van der Waals surface area (Å²) in [5, 5.41) is 0. The molecule has 1 fully saturated rings. The second kappa shape index (κ2) is 5.21. The van der Waals surface area contributed by atoms with Crippen molar-refractivity contribution in [2.24, 2.45) is 11.8 Å². The van der Waals surface area contributed by atoms with Crippen molar-refractivity contribution in [1.82, 2.24) is 0 Å². The van der Waals surface area contributed by atoms with Crippen molar-refractivity contribution in [3.05, 3.63) is 23.3 Å². The fourth-order valence-corrected chi connectivity index (χ4v) is 2.72. The van der Waals surface area contributed by atoms with Gasteiger partial charge in [0.15, 0.2) is 0 Å². The predicted octanol–water partition coefficient (Wildman–Crippen LogP) is 4.09. The molecule has 0 radical (unpaired) electrons. The lowest BCUT2D eigenvalue weighted by Crippen LogP contribution is -2.29. The Morgan fingerprint density at radius 1 is 1.06 bits per heavy atom. The van der Waals surface area contributed by atoms with Gasteiger partial charge in [0.2, 0.25) is 0 Å². The molecule has 3 unspecified atom stereocenters. The molecule has 3 atom stereocenters. The number of hydrogen-bond donors (Lipinski definition) is 1. The van der Waals surface area contributed by atoms with Crippen LogP contribution in [-0.2, 0) is 0 Å². The Hall–Kier alpha value is -1.18. The third-order valence-corrected chi connectivity index (χ3v) is 4.41. The Morgan fingerprint density at radius 3 is 2.44 bits per heavy atom. The van der Waals surface area contributed by atoms with E-state index < -0.39 is 0 Å². The first-order valence-corrected chi connectivity index (χ1v) is 7.00. The standard InChI is InChI=1S/C16H25NO/c1-10-5-6-14(7-11(10)2)18-16-9-12(3)15(17)8-13(16)4/h8-11,14H,5-7,17H2,1-4H3. The van der Waals surface area contributed by atoms with Crippen molar-refractivity contribution in [2.45, 2.75) is 53.1 Å². The Balaban J connectivity index is 2.08. The summed E-state index contributed by atoms with van der Waals surface area (Å²) >= 11 is 0. The number of aryl methyl sites for hydroxylation is 2. The van der Waals surface area contributed by atoms with Gasteiger partial charge in [0.05, 0.1) is 6.10 Å². The number of rotatable bonds is 2. The van der Waals surface area contributed by atoms with Gasteiger partial charge in [-0.15, -0.1) is 0 Å². The van der Waals surface area contributed by atoms with Crippen LogP contribution >= 0.6 is 0 Å². The van der Waals surface area contributed by atoms with Gasteiger partial charge in [0.1, 0.15) is 5.75 Å². The van der Waals surface area contributed by atoms with Crippen molar-refractivity contribution >= 4 is 5.69 Å². The molecule has 18 heavy (non-hydrogen) atoms. The summed E-state index contributed by atoms with van der Waals surface area (Å²) in [6, 6.07) is 4.09. The van der Waals surface area contributed by atoms with Crippen LogP contribution in [0.3, 0.4) is 0 Å². The van der Waals surface area contributed by atoms with E-state index >= 15 is 0 Å². The molecule has 0 bridgehead atoms. The average molecular weight is 247 g/mol. The molecule has 0 amide bonds. The van der Waals surface area contributed by atoms with E-state index in [4.69, 9.17) is 10.5 Å². The minimum atomic E-state index is 0.373. The van der Waals surface area contributed by atoms with Gasteiger partial charge in [0, 0.05) is 5.69 Å². The summed E-state index contributed by atoms with van der Waals surface area (Å²) < 4.78 is 6.19. The molecule has 1 aliphatic carbocycles. The SMILES string of the molecule is Cc1cc(OC2CCC(C)C(C)C2)c(C)cc1N. The van der Waals surface area contributed by atoms with Crippen LogP contribution in [-0.4, -0.2) is 6.10 Å². The summed E-state index contributed by atoms with van der Waals surface area (Å²) in [6.45, 7) is 8.79. The van der Waals surface area contributed by atoms with E-state index in [-0.39, 0.29) is 0 Å². The quantitative estimate of drug-likeness (QED) is 0.799. The van der Waals surface area contributed by atoms with Gasteiger partial charge >= 0.3 is 0 Å². The van der Waals surface area contributed by atoms with Gasteiger partial charge < -0.3 is 10.5 Å². The summed E-state index contributed by atoms with van der Waals surface area (Å²) in [7, 11) is 0. The van der Waals surface area contributed by atoms with E-state index in [9.17, 15) is 0 Å². The minimum Gasteiger partial charge on any atom is -0.490 e. The smallest absolute Gasteiger partial charge is 0.123 e. The van der Waals surface area contributed by atoms with Crippen LogP contribution in [0.25, 0.3) is 0 Å². The number of anilines is 1. The highest BCUT2D eigenvalue weighted by Crippen LogP contribution is 2.33. The molecule has 1 aliphatic rings. The Morgan fingerprint density at radius 2 is 1.78 bits per heavy atom. The number of benzene rings is 1. The van der Waals surface area contributed by atoms with Gasteiger partial charge in [0.25, 0.3) is 0 Å².